The fraction of sp³-hybridized carbons (Fsp3) is 0.450. The number of fused-ring (bicyclic) bond motifs is 1. The Hall–Kier alpha value is -2.06. The lowest BCUT2D eigenvalue weighted by Gasteiger charge is -2.11. The molecule has 0 radical (unpaired) electrons. The minimum atomic E-state index is -0.392. The van der Waals surface area contributed by atoms with Crippen molar-refractivity contribution in [1.82, 2.24) is 15.3 Å². The highest BCUT2D eigenvalue weighted by Gasteiger charge is 2.20. The summed E-state index contributed by atoms with van der Waals surface area (Å²) in [4.78, 5) is 34.4. The molecule has 3 heterocycles. The number of amides is 1. The standard InChI is InChI=1S/C20H25N3O3S2/c1-5-11(2)9-15-12(3)27-19-16(15)18(25)22-20(23-19)28-13(4)17(24)21-10-14-7-6-8-26-14/h6-8,11,13H,5,9-10H2,1-4H3,(H,21,24)(H,22,23,25)/t11-,13-/m0/s1. The topological polar surface area (TPSA) is 88.0 Å². The van der Waals surface area contributed by atoms with E-state index in [9.17, 15) is 9.59 Å². The quantitative estimate of drug-likeness (QED) is 0.420. The molecule has 0 aliphatic carbocycles. The van der Waals surface area contributed by atoms with Crippen molar-refractivity contribution < 1.29 is 9.21 Å². The average Bonchev–Trinajstić information content (AvgIpc) is 3.27. The summed E-state index contributed by atoms with van der Waals surface area (Å²) < 4.78 is 5.21. The molecular weight excluding hydrogens is 394 g/mol. The molecule has 6 nitrogen and oxygen atoms in total. The zero-order valence-corrected chi connectivity index (χ0v) is 18.1. The van der Waals surface area contributed by atoms with Crippen molar-refractivity contribution in [3.8, 4) is 0 Å². The number of aromatic nitrogens is 2. The second-order valence-electron chi connectivity index (χ2n) is 6.96. The summed E-state index contributed by atoms with van der Waals surface area (Å²) in [5.41, 5.74) is 0.974. The molecule has 28 heavy (non-hydrogen) atoms. The molecule has 3 rings (SSSR count). The van der Waals surface area contributed by atoms with E-state index in [-0.39, 0.29) is 11.5 Å². The number of furan rings is 1. The van der Waals surface area contributed by atoms with Gasteiger partial charge in [0.1, 0.15) is 10.6 Å². The van der Waals surface area contributed by atoms with Gasteiger partial charge in [-0.1, -0.05) is 32.0 Å². The van der Waals surface area contributed by atoms with E-state index in [4.69, 9.17) is 4.42 Å². The number of hydrogen-bond donors (Lipinski definition) is 2. The lowest BCUT2D eigenvalue weighted by molar-refractivity contribution is -0.120. The summed E-state index contributed by atoms with van der Waals surface area (Å²) in [6.07, 6.45) is 3.52. The van der Waals surface area contributed by atoms with Crippen LogP contribution in [-0.2, 0) is 17.8 Å². The summed E-state index contributed by atoms with van der Waals surface area (Å²) in [6.45, 7) is 8.52. The molecule has 1 amide bonds. The van der Waals surface area contributed by atoms with Crippen LogP contribution >= 0.6 is 23.1 Å². The number of H-pyrrole nitrogens is 1. The van der Waals surface area contributed by atoms with Crippen molar-refractivity contribution in [2.45, 2.75) is 57.5 Å². The van der Waals surface area contributed by atoms with E-state index in [1.807, 2.05) is 6.92 Å². The first-order valence-electron chi connectivity index (χ1n) is 9.38. The van der Waals surface area contributed by atoms with Gasteiger partial charge in [-0.15, -0.1) is 11.3 Å². The highest BCUT2D eigenvalue weighted by atomic mass is 32.2. The number of thioether (sulfide) groups is 1. The Morgan fingerprint density at radius 3 is 2.89 bits per heavy atom. The predicted octanol–water partition coefficient (Wildman–Crippen LogP) is 4.27. The van der Waals surface area contributed by atoms with Gasteiger partial charge in [0.15, 0.2) is 5.16 Å². The highest BCUT2D eigenvalue weighted by Crippen LogP contribution is 2.31. The maximum atomic E-state index is 12.7. The third-order valence-corrected chi connectivity index (χ3v) is 6.79. The van der Waals surface area contributed by atoms with E-state index in [1.54, 1.807) is 36.7 Å². The molecule has 2 atom stereocenters. The predicted molar refractivity (Wildman–Crippen MR) is 114 cm³/mol. The minimum absolute atomic E-state index is 0.127. The number of nitrogens with zero attached hydrogens (tertiary/aromatic N) is 1. The Balaban J connectivity index is 1.74. The van der Waals surface area contributed by atoms with Crippen LogP contribution in [0, 0.1) is 12.8 Å². The molecule has 0 aliphatic rings. The molecule has 0 aromatic carbocycles. The zero-order chi connectivity index (χ0) is 20.3. The van der Waals surface area contributed by atoms with Crippen molar-refractivity contribution in [3.63, 3.8) is 0 Å². The van der Waals surface area contributed by atoms with Crippen molar-refractivity contribution in [1.29, 1.82) is 0 Å². The van der Waals surface area contributed by atoms with Gasteiger partial charge in [0.25, 0.3) is 5.56 Å². The largest absolute Gasteiger partial charge is 0.467 e. The van der Waals surface area contributed by atoms with Crippen LogP contribution in [0.1, 0.15) is 43.4 Å². The van der Waals surface area contributed by atoms with Gasteiger partial charge < -0.3 is 14.7 Å². The number of aromatic amines is 1. The van der Waals surface area contributed by atoms with Crippen LogP contribution in [0.15, 0.2) is 32.8 Å². The SMILES string of the molecule is CC[C@H](C)Cc1c(C)sc2nc(S[C@@H](C)C(=O)NCc3ccco3)[nH]c(=O)c12. The van der Waals surface area contributed by atoms with Gasteiger partial charge in [-0.25, -0.2) is 4.98 Å². The Labute approximate surface area is 172 Å². The van der Waals surface area contributed by atoms with Gasteiger partial charge in [0, 0.05) is 4.88 Å². The summed E-state index contributed by atoms with van der Waals surface area (Å²) in [7, 11) is 0. The summed E-state index contributed by atoms with van der Waals surface area (Å²) in [6, 6.07) is 3.59. The third kappa shape index (κ3) is 4.67. The minimum Gasteiger partial charge on any atom is -0.467 e. The van der Waals surface area contributed by atoms with E-state index in [1.165, 1.54) is 11.8 Å². The number of carbonyl (C=O) groups excluding carboxylic acids is 1. The van der Waals surface area contributed by atoms with E-state index in [0.29, 0.717) is 28.8 Å². The fourth-order valence-electron chi connectivity index (χ4n) is 2.90. The van der Waals surface area contributed by atoms with Crippen molar-refractivity contribution in [2.75, 3.05) is 0 Å². The van der Waals surface area contributed by atoms with Crippen LogP contribution in [0.4, 0.5) is 0 Å². The smallest absolute Gasteiger partial charge is 0.260 e. The van der Waals surface area contributed by atoms with E-state index in [2.05, 4.69) is 29.1 Å². The fourth-order valence-corrected chi connectivity index (χ4v) is 4.83. The maximum absolute atomic E-state index is 12.7. The molecule has 0 unspecified atom stereocenters. The number of aryl methyl sites for hydroxylation is 1. The molecule has 0 saturated carbocycles. The Kier molecular flexibility index (Phi) is 6.61. The molecule has 0 fully saturated rings. The molecule has 0 saturated heterocycles. The first kappa shape index (κ1) is 20.7. The Morgan fingerprint density at radius 1 is 1.43 bits per heavy atom. The van der Waals surface area contributed by atoms with Gasteiger partial charge in [0.2, 0.25) is 5.91 Å². The summed E-state index contributed by atoms with van der Waals surface area (Å²) >= 11 is 2.79. The number of thiophene rings is 1. The van der Waals surface area contributed by atoms with Gasteiger partial charge in [-0.05, 0) is 43.9 Å². The van der Waals surface area contributed by atoms with Crippen molar-refractivity contribution in [3.05, 3.63) is 45.0 Å². The molecule has 3 aromatic rings. The lowest BCUT2D eigenvalue weighted by Crippen LogP contribution is -2.30. The van der Waals surface area contributed by atoms with Crippen LogP contribution in [0.5, 0.6) is 0 Å². The maximum Gasteiger partial charge on any atom is 0.260 e. The number of hydrogen-bond acceptors (Lipinski definition) is 6. The number of rotatable bonds is 8. The average molecular weight is 420 g/mol. The van der Waals surface area contributed by atoms with Crippen LogP contribution < -0.4 is 10.9 Å². The summed E-state index contributed by atoms with van der Waals surface area (Å²) in [5.74, 6) is 1.08. The molecule has 0 bridgehead atoms. The van der Waals surface area contributed by atoms with Crippen LogP contribution in [-0.4, -0.2) is 21.1 Å². The Morgan fingerprint density at radius 2 is 2.21 bits per heavy atom. The van der Waals surface area contributed by atoms with Crippen molar-refractivity contribution >= 4 is 39.2 Å². The third-order valence-electron chi connectivity index (χ3n) is 4.77. The van der Waals surface area contributed by atoms with Gasteiger partial charge in [-0.2, -0.15) is 0 Å². The van der Waals surface area contributed by atoms with E-state index >= 15 is 0 Å². The zero-order valence-electron chi connectivity index (χ0n) is 16.5. The molecule has 8 heteroatoms. The van der Waals surface area contributed by atoms with E-state index < -0.39 is 5.25 Å². The second-order valence-corrected chi connectivity index (χ2v) is 9.50. The Bertz CT molecular complexity index is 1010. The van der Waals surface area contributed by atoms with E-state index in [0.717, 1.165) is 28.1 Å². The molecular formula is C20H25N3O3S2. The molecule has 0 spiro atoms. The second kappa shape index (κ2) is 8.96. The number of carbonyl (C=O) groups is 1. The summed E-state index contributed by atoms with van der Waals surface area (Å²) in [5, 5.41) is 3.60. The van der Waals surface area contributed by atoms with Crippen LogP contribution in [0.3, 0.4) is 0 Å². The highest BCUT2D eigenvalue weighted by molar-refractivity contribution is 8.00. The van der Waals surface area contributed by atoms with Gasteiger partial charge >= 0.3 is 0 Å². The van der Waals surface area contributed by atoms with Gasteiger partial charge in [-0.3, -0.25) is 9.59 Å². The van der Waals surface area contributed by atoms with Crippen LogP contribution in [0.25, 0.3) is 10.2 Å². The first-order valence-corrected chi connectivity index (χ1v) is 11.1. The number of nitrogens with one attached hydrogen (secondary N) is 2. The van der Waals surface area contributed by atoms with Crippen LogP contribution in [0.2, 0.25) is 0 Å². The molecule has 2 N–H and O–H groups in total. The molecule has 0 aliphatic heterocycles. The first-order chi connectivity index (χ1) is 13.4. The molecule has 3 aromatic heterocycles. The van der Waals surface area contributed by atoms with Crippen molar-refractivity contribution in [2.24, 2.45) is 5.92 Å². The lowest BCUT2D eigenvalue weighted by atomic mass is 9.98. The van der Waals surface area contributed by atoms with Gasteiger partial charge in [0.05, 0.1) is 23.4 Å². The molecule has 150 valence electrons. The monoisotopic (exact) mass is 419 g/mol. The normalized spacial score (nSPS) is 13.6.